The number of unbranched alkanes of at least 4 members (excludes halogenated alkanes) is 1. The topological polar surface area (TPSA) is 26.3 Å². The summed E-state index contributed by atoms with van der Waals surface area (Å²) in [6.45, 7) is 6.48. The lowest BCUT2D eigenvalue weighted by Crippen LogP contribution is -2.12. The Bertz CT molecular complexity index is 166. The summed E-state index contributed by atoms with van der Waals surface area (Å²) >= 11 is 0. The molecule has 0 heterocycles. The predicted molar refractivity (Wildman–Crippen MR) is 63.7 cm³/mol. The van der Waals surface area contributed by atoms with Crippen LogP contribution in [0.4, 0.5) is 0 Å². The van der Waals surface area contributed by atoms with Crippen LogP contribution in [0.2, 0.25) is 0 Å². The largest absolute Gasteiger partial charge is 0.469 e. The number of ether oxygens (including phenoxy) is 1. The minimum absolute atomic E-state index is 0.0633. The van der Waals surface area contributed by atoms with E-state index in [1.807, 2.05) is 6.92 Å². The molecule has 0 fully saturated rings. The molecule has 0 aliphatic rings. The molecule has 0 aliphatic carbocycles. The van der Waals surface area contributed by atoms with Gasteiger partial charge in [0.1, 0.15) is 0 Å². The maximum atomic E-state index is 11.1. The van der Waals surface area contributed by atoms with Gasteiger partial charge in [-0.25, -0.2) is 0 Å². The zero-order valence-electron chi connectivity index (χ0n) is 10.7. The first-order chi connectivity index (χ1) is 7.11. The van der Waals surface area contributed by atoms with Gasteiger partial charge in [0.15, 0.2) is 0 Å². The second-order valence-corrected chi connectivity index (χ2v) is 4.60. The van der Waals surface area contributed by atoms with Gasteiger partial charge in [0.2, 0.25) is 0 Å². The van der Waals surface area contributed by atoms with Crippen LogP contribution in [-0.4, -0.2) is 13.1 Å². The molecule has 2 nitrogen and oxygen atoms in total. The second-order valence-electron chi connectivity index (χ2n) is 4.60. The Kier molecular flexibility index (Phi) is 8.44. The molecule has 0 aromatic heterocycles. The second kappa shape index (κ2) is 8.75. The molecule has 15 heavy (non-hydrogen) atoms. The number of methoxy groups -OCH3 is 1. The molecule has 0 saturated heterocycles. The van der Waals surface area contributed by atoms with Crippen LogP contribution in [0.15, 0.2) is 0 Å². The molecule has 0 radical (unpaired) electrons. The Morgan fingerprint density at radius 3 is 2.27 bits per heavy atom. The molecule has 0 rings (SSSR count). The Labute approximate surface area is 94.4 Å². The van der Waals surface area contributed by atoms with Gasteiger partial charge in [-0.15, -0.1) is 0 Å². The highest BCUT2D eigenvalue weighted by Gasteiger charge is 2.12. The van der Waals surface area contributed by atoms with Crippen LogP contribution in [0.1, 0.15) is 59.3 Å². The van der Waals surface area contributed by atoms with Crippen molar-refractivity contribution in [2.75, 3.05) is 7.11 Å². The number of esters is 1. The summed E-state index contributed by atoms with van der Waals surface area (Å²) in [6, 6.07) is 0. The fourth-order valence-corrected chi connectivity index (χ4v) is 1.79. The smallest absolute Gasteiger partial charge is 0.308 e. The number of carbonyl (C=O) groups excluding carboxylic acids is 1. The quantitative estimate of drug-likeness (QED) is 0.575. The van der Waals surface area contributed by atoms with E-state index in [2.05, 4.69) is 13.8 Å². The lowest BCUT2D eigenvalue weighted by atomic mass is 9.95. The van der Waals surface area contributed by atoms with Crippen LogP contribution in [0.5, 0.6) is 0 Å². The van der Waals surface area contributed by atoms with E-state index in [1.165, 1.54) is 32.8 Å². The minimum atomic E-state index is -0.0730. The van der Waals surface area contributed by atoms with Crippen molar-refractivity contribution in [2.24, 2.45) is 11.8 Å². The molecule has 2 heteroatoms. The number of hydrogen-bond donors (Lipinski definition) is 0. The number of rotatable bonds is 8. The van der Waals surface area contributed by atoms with Gasteiger partial charge in [-0.1, -0.05) is 52.9 Å². The molecule has 0 aliphatic heterocycles. The standard InChI is InChI=1S/C13H26O2/c1-5-6-8-11(2)9-7-10-12(3)13(14)15-4/h11-12H,5-10H2,1-4H3/t11-,12+/m0/s1. The average molecular weight is 214 g/mol. The van der Waals surface area contributed by atoms with Gasteiger partial charge in [0.05, 0.1) is 13.0 Å². The molecule has 0 bridgehead atoms. The van der Waals surface area contributed by atoms with Crippen LogP contribution in [0.3, 0.4) is 0 Å². The molecule has 0 saturated carbocycles. The van der Waals surface area contributed by atoms with E-state index in [0.717, 1.165) is 18.8 Å². The first-order valence-corrected chi connectivity index (χ1v) is 6.19. The number of hydrogen-bond acceptors (Lipinski definition) is 2. The molecular weight excluding hydrogens is 188 g/mol. The van der Waals surface area contributed by atoms with E-state index in [-0.39, 0.29) is 11.9 Å². The summed E-state index contributed by atoms with van der Waals surface area (Å²) in [6.07, 6.45) is 7.27. The van der Waals surface area contributed by atoms with Gasteiger partial charge in [0.25, 0.3) is 0 Å². The first-order valence-electron chi connectivity index (χ1n) is 6.19. The highest BCUT2D eigenvalue weighted by atomic mass is 16.5. The van der Waals surface area contributed by atoms with E-state index < -0.39 is 0 Å². The van der Waals surface area contributed by atoms with Gasteiger partial charge in [-0.05, 0) is 12.3 Å². The molecule has 90 valence electrons. The molecule has 0 aromatic carbocycles. The Morgan fingerprint density at radius 1 is 1.13 bits per heavy atom. The van der Waals surface area contributed by atoms with Crippen molar-refractivity contribution in [3.05, 3.63) is 0 Å². The normalized spacial score (nSPS) is 14.7. The van der Waals surface area contributed by atoms with E-state index in [4.69, 9.17) is 4.74 Å². The van der Waals surface area contributed by atoms with Crippen molar-refractivity contribution < 1.29 is 9.53 Å². The third kappa shape index (κ3) is 7.40. The SMILES string of the molecule is CCCC[C@H](C)CCC[C@@H](C)C(=O)OC. The molecular formula is C13H26O2. The van der Waals surface area contributed by atoms with E-state index in [9.17, 15) is 4.79 Å². The van der Waals surface area contributed by atoms with Gasteiger partial charge >= 0.3 is 5.97 Å². The van der Waals surface area contributed by atoms with Crippen molar-refractivity contribution in [2.45, 2.75) is 59.3 Å². The maximum absolute atomic E-state index is 11.1. The Hall–Kier alpha value is -0.530. The summed E-state index contributed by atoms with van der Waals surface area (Å²) < 4.78 is 4.70. The van der Waals surface area contributed by atoms with Crippen LogP contribution in [0.25, 0.3) is 0 Å². The molecule has 0 unspecified atom stereocenters. The molecule has 0 N–H and O–H groups in total. The lowest BCUT2D eigenvalue weighted by Gasteiger charge is -2.12. The summed E-state index contributed by atoms with van der Waals surface area (Å²) in [4.78, 5) is 11.1. The number of carbonyl (C=O) groups is 1. The van der Waals surface area contributed by atoms with Gasteiger partial charge in [-0.3, -0.25) is 4.79 Å². The Morgan fingerprint density at radius 2 is 1.73 bits per heavy atom. The predicted octanol–water partition coefficient (Wildman–Crippen LogP) is 3.79. The third-order valence-corrected chi connectivity index (χ3v) is 2.99. The molecule has 0 aromatic rings. The van der Waals surface area contributed by atoms with Crippen molar-refractivity contribution in [3.8, 4) is 0 Å². The fourth-order valence-electron chi connectivity index (χ4n) is 1.79. The van der Waals surface area contributed by atoms with E-state index in [0.29, 0.717) is 0 Å². The van der Waals surface area contributed by atoms with Gasteiger partial charge in [0, 0.05) is 0 Å². The summed E-state index contributed by atoms with van der Waals surface area (Å²) in [7, 11) is 1.46. The van der Waals surface area contributed by atoms with E-state index in [1.54, 1.807) is 0 Å². The average Bonchev–Trinajstić information content (AvgIpc) is 2.24. The highest BCUT2D eigenvalue weighted by molar-refractivity contribution is 5.71. The summed E-state index contributed by atoms with van der Waals surface area (Å²) in [5, 5.41) is 0. The van der Waals surface area contributed by atoms with Crippen LogP contribution < -0.4 is 0 Å². The zero-order chi connectivity index (χ0) is 11.7. The summed E-state index contributed by atoms with van der Waals surface area (Å²) in [5.74, 6) is 0.791. The minimum Gasteiger partial charge on any atom is -0.469 e. The molecule has 2 atom stereocenters. The lowest BCUT2D eigenvalue weighted by molar-refractivity contribution is -0.145. The van der Waals surface area contributed by atoms with Crippen LogP contribution in [-0.2, 0) is 9.53 Å². The van der Waals surface area contributed by atoms with Crippen molar-refractivity contribution in [1.82, 2.24) is 0 Å². The maximum Gasteiger partial charge on any atom is 0.308 e. The van der Waals surface area contributed by atoms with E-state index >= 15 is 0 Å². The van der Waals surface area contributed by atoms with Gasteiger partial charge in [-0.2, -0.15) is 0 Å². The molecule has 0 spiro atoms. The van der Waals surface area contributed by atoms with Crippen LogP contribution in [0, 0.1) is 11.8 Å². The van der Waals surface area contributed by atoms with Crippen molar-refractivity contribution >= 4 is 5.97 Å². The molecule has 0 amide bonds. The monoisotopic (exact) mass is 214 g/mol. The highest BCUT2D eigenvalue weighted by Crippen LogP contribution is 2.17. The van der Waals surface area contributed by atoms with Crippen LogP contribution >= 0.6 is 0 Å². The van der Waals surface area contributed by atoms with Crippen molar-refractivity contribution in [1.29, 1.82) is 0 Å². The first kappa shape index (κ1) is 14.5. The zero-order valence-corrected chi connectivity index (χ0v) is 10.7. The van der Waals surface area contributed by atoms with Gasteiger partial charge < -0.3 is 4.74 Å². The third-order valence-electron chi connectivity index (χ3n) is 2.99. The Balaban J connectivity index is 3.47. The fraction of sp³-hybridized carbons (Fsp3) is 0.923. The summed E-state index contributed by atoms with van der Waals surface area (Å²) in [5.41, 5.74) is 0. The van der Waals surface area contributed by atoms with Crippen molar-refractivity contribution in [3.63, 3.8) is 0 Å².